The van der Waals surface area contributed by atoms with Crippen molar-refractivity contribution in [3.05, 3.63) is 124 Å². The van der Waals surface area contributed by atoms with Gasteiger partial charge in [0.05, 0.1) is 17.7 Å². The van der Waals surface area contributed by atoms with E-state index in [0.29, 0.717) is 12.2 Å². The Hall–Kier alpha value is -4.15. The molecule has 0 aliphatic rings. The van der Waals surface area contributed by atoms with Crippen LogP contribution in [-0.4, -0.2) is 50.9 Å². The molecule has 2 amide bonds. The molecular weight excluding hydrogens is 666 g/mol. The number of halogens is 1. The molecule has 4 aromatic carbocycles. The van der Waals surface area contributed by atoms with Gasteiger partial charge in [-0.15, -0.1) is 0 Å². The van der Waals surface area contributed by atoms with Crippen LogP contribution >= 0.6 is 15.9 Å². The molecule has 0 unspecified atom stereocenters. The predicted octanol–water partition coefficient (Wildman–Crippen LogP) is 6.52. The number of carbonyl (C=O) groups excluding carboxylic acids is 2. The lowest BCUT2D eigenvalue weighted by Crippen LogP contribution is -2.54. The van der Waals surface area contributed by atoms with Gasteiger partial charge in [0.1, 0.15) is 18.3 Å². The van der Waals surface area contributed by atoms with Crippen LogP contribution in [0.15, 0.2) is 112 Å². The summed E-state index contributed by atoms with van der Waals surface area (Å²) in [7, 11) is -2.72. The second-order valence-electron chi connectivity index (χ2n) is 11.2. The van der Waals surface area contributed by atoms with Gasteiger partial charge in [-0.1, -0.05) is 89.1 Å². The fraction of sp³-hybridized carbons (Fsp3) is 0.278. The first kappa shape index (κ1) is 34.7. The zero-order valence-electron chi connectivity index (χ0n) is 26.5. The highest BCUT2D eigenvalue weighted by Gasteiger charge is 2.35. The van der Waals surface area contributed by atoms with Gasteiger partial charge in [-0.3, -0.25) is 13.9 Å². The molecule has 0 heterocycles. The van der Waals surface area contributed by atoms with E-state index in [1.165, 1.54) is 24.1 Å². The molecule has 0 spiro atoms. The second-order valence-corrected chi connectivity index (χ2v) is 14.0. The summed E-state index contributed by atoms with van der Waals surface area (Å²) < 4.78 is 35.7. The number of amides is 2. The molecule has 46 heavy (non-hydrogen) atoms. The van der Waals surface area contributed by atoms with Crippen LogP contribution in [0.3, 0.4) is 0 Å². The summed E-state index contributed by atoms with van der Waals surface area (Å²) in [5, 5.41) is 3.05. The molecule has 10 heteroatoms. The van der Waals surface area contributed by atoms with Crippen LogP contribution in [-0.2, 0) is 32.6 Å². The van der Waals surface area contributed by atoms with Crippen LogP contribution in [0, 0.1) is 6.92 Å². The van der Waals surface area contributed by atoms with Gasteiger partial charge in [0.2, 0.25) is 11.8 Å². The van der Waals surface area contributed by atoms with Crippen molar-refractivity contribution in [2.24, 2.45) is 0 Å². The van der Waals surface area contributed by atoms with E-state index in [0.717, 1.165) is 25.5 Å². The number of methoxy groups -OCH3 is 1. The summed E-state index contributed by atoms with van der Waals surface area (Å²) in [6.45, 7) is 5.30. The van der Waals surface area contributed by atoms with Crippen LogP contribution in [0.4, 0.5) is 5.69 Å². The van der Waals surface area contributed by atoms with Gasteiger partial charge < -0.3 is 15.0 Å². The molecule has 0 bridgehead atoms. The van der Waals surface area contributed by atoms with Crippen LogP contribution in [0.5, 0.6) is 5.75 Å². The molecule has 0 radical (unpaired) electrons. The summed E-state index contributed by atoms with van der Waals surface area (Å²) in [6, 6.07) is 29.0. The van der Waals surface area contributed by atoms with E-state index in [1.807, 2.05) is 75.4 Å². The Morgan fingerprint density at radius 1 is 0.891 bits per heavy atom. The van der Waals surface area contributed by atoms with E-state index in [1.54, 1.807) is 36.4 Å². The average molecular weight is 707 g/mol. The summed E-state index contributed by atoms with van der Waals surface area (Å²) in [5.74, 6) is -0.399. The Morgan fingerprint density at radius 3 is 2.22 bits per heavy atom. The molecule has 2 atom stereocenters. The lowest BCUT2D eigenvalue weighted by molar-refractivity contribution is -0.140. The third kappa shape index (κ3) is 8.98. The number of ether oxygens (including phenoxy) is 1. The molecular formula is C36H40BrN3O5S. The Bertz CT molecular complexity index is 1730. The monoisotopic (exact) mass is 705 g/mol. The fourth-order valence-electron chi connectivity index (χ4n) is 4.96. The maximum Gasteiger partial charge on any atom is 0.264 e. The minimum absolute atomic E-state index is 0.0441. The van der Waals surface area contributed by atoms with E-state index in [9.17, 15) is 18.0 Å². The minimum Gasteiger partial charge on any atom is -0.497 e. The lowest BCUT2D eigenvalue weighted by atomic mass is 10.0. The van der Waals surface area contributed by atoms with Gasteiger partial charge in [-0.25, -0.2) is 8.42 Å². The van der Waals surface area contributed by atoms with Gasteiger partial charge in [-0.05, 0) is 67.8 Å². The molecule has 0 fully saturated rings. The SMILES string of the molecule is CC[C@@H](C)NC(=O)[C@@H](Cc1ccccc1)N(Cc1cccc(Br)c1)C(=O)CN(c1cccc(OC)c1)S(=O)(=O)c1ccc(C)cc1. The number of nitrogens with one attached hydrogen (secondary N) is 1. The first-order valence-electron chi connectivity index (χ1n) is 15.1. The number of sulfonamides is 1. The number of nitrogens with zero attached hydrogens (tertiary/aromatic N) is 2. The molecule has 8 nitrogen and oxygen atoms in total. The molecule has 4 rings (SSSR count). The summed E-state index contributed by atoms with van der Waals surface area (Å²) >= 11 is 3.51. The third-order valence-electron chi connectivity index (χ3n) is 7.74. The number of hydrogen-bond donors (Lipinski definition) is 1. The maximum atomic E-state index is 14.6. The summed E-state index contributed by atoms with van der Waals surface area (Å²) in [4.78, 5) is 30.1. The van der Waals surface area contributed by atoms with Crippen molar-refractivity contribution in [3.8, 4) is 5.75 Å². The highest BCUT2D eigenvalue weighted by Crippen LogP contribution is 2.28. The number of hydrogen-bond acceptors (Lipinski definition) is 5. The molecule has 1 N–H and O–H groups in total. The molecule has 0 aromatic heterocycles. The number of carbonyl (C=O) groups is 2. The standard InChI is InChI=1S/C36H40BrN3O5S/c1-5-27(3)38-36(42)34(22-28-11-7-6-8-12-28)39(24-29-13-9-14-30(37)21-29)35(41)25-40(31-15-10-16-32(23-31)45-4)46(43,44)33-19-17-26(2)18-20-33/h6-21,23,27,34H,5,22,24-25H2,1-4H3,(H,38,42)/t27-,34-/m1/s1. The molecule has 0 aliphatic carbocycles. The second kappa shape index (κ2) is 15.9. The predicted molar refractivity (Wildman–Crippen MR) is 185 cm³/mol. The van der Waals surface area contributed by atoms with E-state index in [4.69, 9.17) is 4.74 Å². The Kier molecular flexibility index (Phi) is 12.0. The van der Waals surface area contributed by atoms with Gasteiger partial charge in [0.25, 0.3) is 10.0 Å². The van der Waals surface area contributed by atoms with Crippen molar-refractivity contribution in [1.82, 2.24) is 10.2 Å². The van der Waals surface area contributed by atoms with E-state index in [2.05, 4.69) is 21.2 Å². The van der Waals surface area contributed by atoms with Gasteiger partial charge >= 0.3 is 0 Å². The first-order chi connectivity index (χ1) is 22.0. The molecule has 242 valence electrons. The average Bonchev–Trinajstić information content (AvgIpc) is 3.05. The highest BCUT2D eigenvalue weighted by molar-refractivity contribution is 9.10. The molecule has 0 saturated heterocycles. The van der Waals surface area contributed by atoms with Crippen LogP contribution in [0.1, 0.15) is 37.0 Å². The number of anilines is 1. The van der Waals surface area contributed by atoms with Crippen LogP contribution in [0.25, 0.3) is 0 Å². The molecule has 0 aliphatic heterocycles. The fourth-order valence-corrected chi connectivity index (χ4v) is 6.81. The number of benzene rings is 4. The normalized spacial score (nSPS) is 12.5. The van der Waals surface area contributed by atoms with E-state index in [-0.39, 0.29) is 35.5 Å². The van der Waals surface area contributed by atoms with E-state index < -0.39 is 28.5 Å². The maximum absolute atomic E-state index is 14.6. The molecule has 0 saturated carbocycles. The van der Waals surface area contributed by atoms with Crippen molar-refractivity contribution in [2.45, 2.75) is 57.1 Å². The van der Waals surface area contributed by atoms with Crippen LogP contribution in [0.2, 0.25) is 0 Å². The lowest BCUT2D eigenvalue weighted by Gasteiger charge is -2.34. The van der Waals surface area contributed by atoms with Crippen molar-refractivity contribution in [2.75, 3.05) is 18.0 Å². The Labute approximate surface area is 280 Å². The zero-order valence-corrected chi connectivity index (χ0v) is 28.9. The molecule has 4 aromatic rings. The van der Waals surface area contributed by atoms with Crippen molar-refractivity contribution in [1.29, 1.82) is 0 Å². The third-order valence-corrected chi connectivity index (χ3v) is 10.0. The quantitative estimate of drug-likeness (QED) is 0.161. The van der Waals surface area contributed by atoms with Gasteiger partial charge in [0.15, 0.2) is 0 Å². The van der Waals surface area contributed by atoms with Crippen molar-refractivity contribution < 1.29 is 22.7 Å². The van der Waals surface area contributed by atoms with Crippen molar-refractivity contribution >= 4 is 43.5 Å². The first-order valence-corrected chi connectivity index (χ1v) is 17.4. The minimum atomic E-state index is -4.21. The zero-order chi connectivity index (χ0) is 33.3. The summed E-state index contributed by atoms with van der Waals surface area (Å²) in [6.07, 6.45) is 0.953. The number of aryl methyl sites for hydroxylation is 1. The Balaban J connectivity index is 1.82. The van der Waals surface area contributed by atoms with Gasteiger partial charge in [-0.2, -0.15) is 0 Å². The van der Waals surface area contributed by atoms with E-state index >= 15 is 0 Å². The van der Waals surface area contributed by atoms with Gasteiger partial charge in [0, 0.05) is 29.5 Å². The topological polar surface area (TPSA) is 96.0 Å². The Morgan fingerprint density at radius 2 is 1.57 bits per heavy atom. The summed E-state index contributed by atoms with van der Waals surface area (Å²) in [5.41, 5.74) is 2.82. The smallest absolute Gasteiger partial charge is 0.264 e. The van der Waals surface area contributed by atoms with Crippen molar-refractivity contribution in [3.63, 3.8) is 0 Å². The number of rotatable bonds is 14. The van der Waals surface area contributed by atoms with Crippen LogP contribution < -0.4 is 14.4 Å². The largest absolute Gasteiger partial charge is 0.497 e. The highest BCUT2D eigenvalue weighted by atomic mass is 79.9.